The normalized spacial score (nSPS) is 10.4. The molecule has 0 aliphatic rings. The maximum absolute atomic E-state index is 12.6. The summed E-state index contributed by atoms with van der Waals surface area (Å²) in [5, 5.41) is 0. The number of aromatic nitrogens is 1. The predicted molar refractivity (Wildman–Crippen MR) is 75.1 cm³/mol. The molecule has 8 heteroatoms. The van der Waals surface area contributed by atoms with Crippen LogP contribution in [0.3, 0.4) is 0 Å². The summed E-state index contributed by atoms with van der Waals surface area (Å²) in [6.45, 7) is 5.00. The summed E-state index contributed by atoms with van der Waals surface area (Å²) in [5.74, 6) is -1.33. The largest absolute Gasteiger partial charge is 0.338 e. The van der Waals surface area contributed by atoms with Gasteiger partial charge in [0.1, 0.15) is 4.88 Å². The molecule has 112 valence electrons. The molecular formula is C12H15F3N2OS2. The highest BCUT2D eigenvalue weighted by atomic mass is 32.2. The summed E-state index contributed by atoms with van der Waals surface area (Å²) >= 11 is 2.36. The van der Waals surface area contributed by atoms with Gasteiger partial charge in [-0.25, -0.2) is 9.37 Å². The second-order valence-electron chi connectivity index (χ2n) is 3.73. The first-order valence-corrected chi connectivity index (χ1v) is 7.87. The van der Waals surface area contributed by atoms with Crippen LogP contribution in [-0.2, 0) is 0 Å². The van der Waals surface area contributed by atoms with Crippen LogP contribution in [0.5, 0.6) is 0 Å². The third kappa shape index (κ3) is 4.82. The Labute approximate surface area is 123 Å². The number of thiazole rings is 1. The van der Waals surface area contributed by atoms with E-state index in [9.17, 15) is 18.0 Å². The lowest BCUT2D eigenvalue weighted by Gasteiger charge is -2.16. The number of nitrogens with zero attached hydrogens (tertiary/aromatic N) is 2. The first-order valence-electron chi connectivity index (χ1n) is 6.07. The number of halogens is 3. The highest BCUT2D eigenvalue weighted by molar-refractivity contribution is 8.01. The van der Waals surface area contributed by atoms with Crippen molar-refractivity contribution < 1.29 is 18.0 Å². The minimum atomic E-state index is -2.28. The van der Waals surface area contributed by atoms with Crippen LogP contribution in [0.4, 0.5) is 13.2 Å². The van der Waals surface area contributed by atoms with Gasteiger partial charge in [-0.3, -0.25) is 4.79 Å². The highest BCUT2D eigenvalue weighted by Crippen LogP contribution is 2.27. The van der Waals surface area contributed by atoms with E-state index in [-0.39, 0.29) is 18.1 Å². The van der Waals surface area contributed by atoms with Crippen LogP contribution < -0.4 is 0 Å². The Kier molecular flexibility index (Phi) is 7.08. The predicted octanol–water partition coefficient (Wildman–Crippen LogP) is 4.18. The van der Waals surface area contributed by atoms with Gasteiger partial charge in [0.05, 0.1) is 6.20 Å². The van der Waals surface area contributed by atoms with Crippen molar-refractivity contribution in [1.29, 1.82) is 0 Å². The molecule has 1 aromatic heterocycles. The fraction of sp³-hybridized carbons (Fsp3) is 0.500. The van der Waals surface area contributed by atoms with Gasteiger partial charge >= 0.3 is 6.08 Å². The molecule has 3 nitrogen and oxygen atoms in total. The van der Waals surface area contributed by atoms with Crippen molar-refractivity contribution >= 4 is 29.0 Å². The van der Waals surface area contributed by atoms with Crippen molar-refractivity contribution in [3.05, 3.63) is 23.0 Å². The first kappa shape index (κ1) is 17.0. The number of hydrogen-bond acceptors (Lipinski definition) is 4. The Morgan fingerprint density at radius 1 is 1.35 bits per heavy atom. The van der Waals surface area contributed by atoms with E-state index in [1.807, 2.05) is 13.8 Å². The zero-order chi connectivity index (χ0) is 15.1. The van der Waals surface area contributed by atoms with Gasteiger partial charge < -0.3 is 4.90 Å². The van der Waals surface area contributed by atoms with E-state index in [1.165, 1.54) is 17.5 Å². The average Bonchev–Trinajstić information content (AvgIpc) is 2.88. The van der Waals surface area contributed by atoms with E-state index in [0.717, 1.165) is 11.8 Å². The van der Waals surface area contributed by atoms with E-state index in [2.05, 4.69) is 4.98 Å². The Balaban J connectivity index is 2.56. The van der Waals surface area contributed by atoms with Crippen molar-refractivity contribution in [2.45, 2.75) is 24.6 Å². The molecule has 1 rings (SSSR count). The molecule has 0 atom stereocenters. The van der Waals surface area contributed by atoms with Gasteiger partial charge in [-0.05, 0) is 13.8 Å². The monoisotopic (exact) mass is 324 g/mol. The van der Waals surface area contributed by atoms with Crippen LogP contribution in [-0.4, -0.2) is 34.6 Å². The van der Waals surface area contributed by atoms with E-state index < -0.39 is 11.9 Å². The molecule has 0 aliphatic carbocycles. The number of amides is 1. The molecule has 0 saturated heterocycles. The highest BCUT2D eigenvalue weighted by Gasteiger charge is 2.16. The summed E-state index contributed by atoms with van der Waals surface area (Å²) < 4.78 is 36.9. The van der Waals surface area contributed by atoms with Gasteiger partial charge in [0.2, 0.25) is 0 Å². The third-order valence-corrected chi connectivity index (χ3v) is 4.64. The standard InChI is InChI=1S/C12H15F3N2OS2/c1-3-17(4-2)11(18)9-7-16-12(20-9)19-6-5-8(13)10(14)15/h7H,3-6H2,1-2H3. The molecule has 0 bridgehead atoms. The molecule has 0 radical (unpaired) electrons. The molecule has 0 N–H and O–H groups in total. The van der Waals surface area contributed by atoms with Crippen LogP contribution in [0.15, 0.2) is 22.4 Å². The lowest BCUT2D eigenvalue weighted by molar-refractivity contribution is 0.0777. The van der Waals surface area contributed by atoms with E-state index in [4.69, 9.17) is 0 Å². The first-order chi connectivity index (χ1) is 9.49. The van der Waals surface area contributed by atoms with Crippen LogP contribution in [0.2, 0.25) is 0 Å². The minimum absolute atomic E-state index is 0.0970. The second kappa shape index (κ2) is 8.31. The summed E-state index contributed by atoms with van der Waals surface area (Å²) in [6, 6.07) is 0. The number of hydrogen-bond donors (Lipinski definition) is 0. The number of allylic oxidation sites excluding steroid dienone is 1. The Hall–Kier alpha value is -1.02. The van der Waals surface area contributed by atoms with Crippen molar-refractivity contribution in [3.8, 4) is 0 Å². The van der Waals surface area contributed by atoms with Gasteiger partial charge in [-0.1, -0.05) is 11.8 Å². The summed E-state index contributed by atoms with van der Waals surface area (Å²) in [5.41, 5.74) is 0. The topological polar surface area (TPSA) is 33.2 Å². The van der Waals surface area contributed by atoms with Crippen molar-refractivity contribution in [1.82, 2.24) is 9.88 Å². The van der Waals surface area contributed by atoms with Crippen LogP contribution in [0.1, 0.15) is 29.9 Å². The SMILES string of the molecule is CCN(CC)C(=O)c1cnc(SCCC(F)=C(F)F)s1. The van der Waals surface area contributed by atoms with Crippen molar-refractivity contribution in [2.24, 2.45) is 0 Å². The van der Waals surface area contributed by atoms with Gasteiger partial charge in [-0.2, -0.15) is 8.78 Å². The molecule has 1 aromatic rings. The molecular weight excluding hydrogens is 309 g/mol. The number of rotatable bonds is 7. The molecule has 0 spiro atoms. The van der Waals surface area contributed by atoms with Crippen molar-refractivity contribution in [2.75, 3.05) is 18.8 Å². The Bertz CT molecular complexity index is 483. The van der Waals surface area contributed by atoms with E-state index >= 15 is 0 Å². The lowest BCUT2D eigenvalue weighted by Crippen LogP contribution is -2.29. The molecule has 0 fully saturated rings. The quantitative estimate of drug-likeness (QED) is 0.705. The van der Waals surface area contributed by atoms with Gasteiger partial charge in [0.15, 0.2) is 10.2 Å². The Morgan fingerprint density at radius 3 is 2.55 bits per heavy atom. The maximum atomic E-state index is 12.6. The molecule has 20 heavy (non-hydrogen) atoms. The lowest BCUT2D eigenvalue weighted by atomic mass is 10.4. The average molecular weight is 324 g/mol. The van der Waals surface area contributed by atoms with Crippen LogP contribution in [0.25, 0.3) is 0 Å². The van der Waals surface area contributed by atoms with E-state index in [0.29, 0.717) is 22.3 Å². The van der Waals surface area contributed by atoms with Crippen LogP contribution in [0, 0.1) is 0 Å². The van der Waals surface area contributed by atoms with Gasteiger partial charge in [0, 0.05) is 25.3 Å². The summed E-state index contributed by atoms with van der Waals surface area (Å²) in [6.07, 6.45) is -1.15. The van der Waals surface area contributed by atoms with Crippen molar-refractivity contribution in [3.63, 3.8) is 0 Å². The third-order valence-electron chi connectivity index (χ3n) is 2.50. The summed E-state index contributed by atoms with van der Waals surface area (Å²) in [7, 11) is 0. The number of carbonyl (C=O) groups is 1. The fourth-order valence-electron chi connectivity index (χ4n) is 1.41. The molecule has 0 saturated carbocycles. The second-order valence-corrected chi connectivity index (χ2v) is 6.10. The van der Waals surface area contributed by atoms with E-state index in [1.54, 1.807) is 4.90 Å². The zero-order valence-corrected chi connectivity index (χ0v) is 12.8. The van der Waals surface area contributed by atoms with Gasteiger partial charge in [0.25, 0.3) is 5.91 Å². The van der Waals surface area contributed by atoms with Gasteiger partial charge in [-0.15, -0.1) is 11.3 Å². The Morgan fingerprint density at radius 2 is 2.00 bits per heavy atom. The molecule has 1 amide bonds. The smallest absolute Gasteiger partial charge is 0.301 e. The number of thioether (sulfide) groups is 1. The molecule has 0 aliphatic heterocycles. The maximum Gasteiger partial charge on any atom is 0.301 e. The molecule has 0 unspecified atom stereocenters. The fourth-order valence-corrected chi connectivity index (χ4v) is 3.37. The number of carbonyl (C=O) groups excluding carboxylic acids is 1. The molecule has 0 aromatic carbocycles. The summed E-state index contributed by atoms with van der Waals surface area (Å²) in [4.78, 5) is 18.2. The van der Waals surface area contributed by atoms with Crippen LogP contribution >= 0.6 is 23.1 Å². The molecule has 1 heterocycles. The zero-order valence-electron chi connectivity index (χ0n) is 11.2. The minimum Gasteiger partial charge on any atom is -0.338 e.